The summed E-state index contributed by atoms with van der Waals surface area (Å²) >= 11 is 0. The molecule has 2 atom stereocenters. The number of rotatable bonds is 47. The van der Waals surface area contributed by atoms with Crippen molar-refractivity contribution in [3.8, 4) is 0 Å². The third-order valence-corrected chi connectivity index (χ3v) is 12.0. The molecule has 0 bridgehead atoms. The lowest BCUT2D eigenvalue weighted by Crippen LogP contribution is -2.37. The van der Waals surface area contributed by atoms with E-state index in [0.717, 1.165) is 70.6 Å². The third-order valence-electron chi connectivity index (χ3n) is 11.1. The van der Waals surface area contributed by atoms with Crippen molar-refractivity contribution in [2.45, 2.75) is 225 Å². The van der Waals surface area contributed by atoms with E-state index in [1.165, 1.54) is 116 Å². The van der Waals surface area contributed by atoms with Crippen LogP contribution in [0.2, 0.25) is 0 Å². The Morgan fingerprint density at radius 3 is 1.33 bits per heavy atom. The molecule has 0 radical (unpaired) electrons. The highest BCUT2D eigenvalue weighted by Gasteiger charge is 2.27. The molecule has 64 heavy (non-hydrogen) atoms. The first-order valence-electron chi connectivity index (χ1n) is 26.0. The van der Waals surface area contributed by atoms with E-state index in [9.17, 15) is 19.0 Å². The zero-order chi connectivity index (χ0) is 47.1. The summed E-state index contributed by atoms with van der Waals surface area (Å²) in [6.07, 6.45) is 57.0. The molecule has 0 rings (SSSR count). The predicted octanol–water partition coefficient (Wildman–Crippen LogP) is 15.6. The molecule has 0 aromatic heterocycles. The van der Waals surface area contributed by atoms with E-state index < -0.39 is 26.5 Å². The normalized spacial score (nSPS) is 13.9. The molecule has 372 valence electrons. The summed E-state index contributed by atoms with van der Waals surface area (Å²) in [5.74, 6) is -0.797. The van der Waals surface area contributed by atoms with Gasteiger partial charge in [0.2, 0.25) is 0 Å². The van der Waals surface area contributed by atoms with Crippen LogP contribution >= 0.6 is 7.82 Å². The molecular weight excluding hydrogens is 822 g/mol. The molecular formula is C54H99NO8P+. The minimum absolute atomic E-state index is 0.0306. The van der Waals surface area contributed by atoms with Gasteiger partial charge >= 0.3 is 19.8 Å². The first-order valence-corrected chi connectivity index (χ1v) is 27.5. The highest BCUT2D eigenvalue weighted by Crippen LogP contribution is 2.43. The standard InChI is InChI=1S/C54H98NO8P/c1-6-8-10-12-14-16-18-20-21-22-23-24-25-26-27-28-29-30-31-32-33-35-37-39-41-43-45-47-54(57)63-52(51-62-64(58,59)61-49-48-55(3,4)5)50-60-53(56)46-44-42-40-38-36-34-19-17-15-13-11-9-7-2/h8,10,14,16,20-21,23-24,26-27,52H,6-7,9,11-13,15,17-19,22,25,28-51H2,1-5H3/p+1/b10-8-,16-14-,21-20-,24-23-,27-26-. The fourth-order valence-corrected chi connectivity index (χ4v) is 7.78. The number of phosphoric ester groups is 1. The van der Waals surface area contributed by atoms with Crippen molar-refractivity contribution in [1.29, 1.82) is 0 Å². The van der Waals surface area contributed by atoms with Crippen molar-refractivity contribution < 1.29 is 42.1 Å². The molecule has 0 spiro atoms. The Labute approximate surface area is 394 Å². The second-order valence-corrected chi connectivity index (χ2v) is 20.0. The zero-order valence-electron chi connectivity index (χ0n) is 42.0. The smallest absolute Gasteiger partial charge is 0.462 e. The maximum Gasteiger partial charge on any atom is 0.472 e. The van der Waals surface area contributed by atoms with Gasteiger partial charge in [0.15, 0.2) is 6.10 Å². The van der Waals surface area contributed by atoms with E-state index in [2.05, 4.69) is 74.6 Å². The number of hydrogen-bond acceptors (Lipinski definition) is 7. The molecule has 0 saturated carbocycles. The highest BCUT2D eigenvalue weighted by atomic mass is 31.2. The van der Waals surface area contributed by atoms with Crippen LogP contribution in [0.25, 0.3) is 0 Å². The van der Waals surface area contributed by atoms with E-state index in [0.29, 0.717) is 23.9 Å². The molecule has 0 fully saturated rings. The number of hydrogen-bond donors (Lipinski definition) is 1. The van der Waals surface area contributed by atoms with Crippen LogP contribution in [0.15, 0.2) is 60.8 Å². The molecule has 1 N–H and O–H groups in total. The van der Waals surface area contributed by atoms with Gasteiger partial charge in [0.25, 0.3) is 0 Å². The zero-order valence-corrected chi connectivity index (χ0v) is 42.9. The van der Waals surface area contributed by atoms with Gasteiger partial charge in [0.1, 0.15) is 19.8 Å². The minimum atomic E-state index is -4.38. The van der Waals surface area contributed by atoms with Crippen molar-refractivity contribution in [3.63, 3.8) is 0 Å². The number of carbonyl (C=O) groups is 2. The molecule has 0 aromatic rings. The maximum atomic E-state index is 12.8. The van der Waals surface area contributed by atoms with Gasteiger partial charge in [-0.1, -0.05) is 209 Å². The minimum Gasteiger partial charge on any atom is -0.462 e. The van der Waals surface area contributed by atoms with Crippen LogP contribution in [0.4, 0.5) is 0 Å². The van der Waals surface area contributed by atoms with Gasteiger partial charge in [0, 0.05) is 12.8 Å². The molecule has 0 aromatic carbocycles. The Morgan fingerprint density at radius 1 is 0.500 bits per heavy atom. The van der Waals surface area contributed by atoms with E-state index >= 15 is 0 Å². The van der Waals surface area contributed by atoms with Crippen LogP contribution in [0.3, 0.4) is 0 Å². The Balaban J connectivity index is 4.18. The van der Waals surface area contributed by atoms with Gasteiger partial charge in [0.05, 0.1) is 27.7 Å². The van der Waals surface area contributed by atoms with Crippen LogP contribution in [0, 0.1) is 0 Å². The number of esters is 2. The van der Waals surface area contributed by atoms with E-state index in [1.54, 1.807) is 0 Å². The number of likely N-dealkylation sites (N-methyl/N-ethyl adjacent to an activating group) is 1. The van der Waals surface area contributed by atoms with Gasteiger partial charge in [-0.3, -0.25) is 18.6 Å². The lowest BCUT2D eigenvalue weighted by Gasteiger charge is -2.24. The highest BCUT2D eigenvalue weighted by molar-refractivity contribution is 7.47. The maximum absolute atomic E-state index is 12.8. The summed E-state index contributed by atoms with van der Waals surface area (Å²) in [6.45, 7) is 4.32. The Morgan fingerprint density at radius 2 is 0.891 bits per heavy atom. The Kier molecular flexibility index (Phi) is 44.2. The number of phosphoric acid groups is 1. The number of carbonyl (C=O) groups excluding carboxylic acids is 2. The number of allylic oxidation sites excluding steroid dienone is 10. The molecule has 0 aliphatic rings. The van der Waals surface area contributed by atoms with Crippen LogP contribution < -0.4 is 0 Å². The number of nitrogens with zero attached hydrogens (tertiary/aromatic N) is 1. The average molecular weight is 921 g/mol. The van der Waals surface area contributed by atoms with E-state index in [-0.39, 0.29) is 25.6 Å². The van der Waals surface area contributed by atoms with Crippen LogP contribution in [0.5, 0.6) is 0 Å². The molecule has 2 unspecified atom stereocenters. The topological polar surface area (TPSA) is 108 Å². The lowest BCUT2D eigenvalue weighted by atomic mass is 10.0. The first kappa shape index (κ1) is 61.7. The molecule has 0 heterocycles. The molecule has 9 nitrogen and oxygen atoms in total. The fourth-order valence-electron chi connectivity index (χ4n) is 7.04. The summed E-state index contributed by atoms with van der Waals surface area (Å²) in [5.41, 5.74) is 0. The van der Waals surface area contributed by atoms with Gasteiger partial charge in [-0.25, -0.2) is 4.57 Å². The van der Waals surface area contributed by atoms with Gasteiger partial charge in [-0.2, -0.15) is 0 Å². The number of unbranched alkanes of at least 4 members (excludes halogenated alkanes) is 23. The van der Waals surface area contributed by atoms with Crippen molar-refractivity contribution in [2.75, 3.05) is 47.5 Å². The van der Waals surface area contributed by atoms with Crippen LogP contribution in [0.1, 0.15) is 219 Å². The summed E-state index contributed by atoms with van der Waals surface area (Å²) in [5, 5.41) is 0. The van der Waals surface area contributed by atoms with Gasteiger partial charge in [-0.05, 0) is 57.8 Å². The summed E-state index contributed by atoms with van der Waals surface area (Å²) < 4.78 is 34.4. The second kappa shape index (κ2) is 45.8. The molecule has 0 saturated heterocycles. The van der Waals surface area contributed by atoms with Crippen molar-refractivity contribution in [1.82, 2.24) is 0 Å². The largest absolute Gasteiger partial charge is 0.472 e. The SMILES string of the molecule is CC/C=C\C/C=C\C/C=C\C/C=C\C/C=C\CCCCCCCCCCCCCC(=O)OC(COC(=O)CCCCCCCCCCCCCCC)COP(=O)(O)OCC[N+](C)(C)C. The predicted molar refractivity (Wildman–Crippen MR) is 270 cm³/mol. The second-order valence-electron chi connectivity index (χ2n) is 18.5. The number of ether oxygens (including phenoxy) is 2. The monoisotopic (exact) mass is 921 g/mol. The van der Waals surface area contributed by atoms with Crippen molar-refractivity contribution >= 4 is 19.8 Å². The summed E-state index contributed by atoms with van der Waals surface area (Å²) in [7, 11) is 1.48. The lowest BCUT2D eigenvalue weighted by molar-refractivity contribution is -0.870. The van der Waals surface area contributed by atoms with Crippen LogP contribution in [-0.2, 0) is 32.7 Å². The molecule has 10 heteroatoms. The van der Waals surface area contributed by atoms with Gasteiger partial charge < -0.3 is 18.9 Å². The fraction of sp³-hybridized carbons (Fsp3) is 0.778. The third kappa shape index (κ3) is 49.2. The average Bonchev–Trinajstić information content (AvgIpc) is 3.25. The summed E-state index contributed by atoms with van der Waals surface area (Å²) in [4.78, 5) is 35.5. The quantitative estimate of drug-likeness (QED) is 0.0211. The van der Waals surface area contributed by atoms with Crippen molar-refractivity contribution in [3.05, 3.63) is 60.8 Å². The van der Waals surface area contributed by atoms with E-state index in [1.807, 2.05) is 21.1 Å². The molecule has 0 aliphatic carbocycles. The van der Waals surface area contributed by atoms with E-state index in [4.69, 9.17) is 18.5 Å². The molecule has 0 aliphatic heterocycles. The Bertz CT molecular complexity index is 1270. The summed E-state index contributed by atoms with van der Waals surface area (Å²) in [6, 6.07) is 0. The number of quaternary nitrogens is 1. The molecule has 0 amide bonds. The van der Waals surface area contributed by atoms with Gasteiger partial charge in [-0.15, -0.1) is 0 Å². The van der Waals surface area contributed by atoms with Crippen molar-refractivity contribution in [2.24, 2.45) is 0 Å². The van der Waals surface area contributed by atoms with Crippen LogP contribution in [-0.4, -0.2) is 74.9 Å². The Hall–Kier alpha value is -2.29. The first-order chi connectivity index (χ1) is 31.0.